The summed E-state index contributed by atoms with van der Waals surface area (Å²) in [7, 11) is 1.43. The summed E-state index contributed by atoms with van der Waals surface area (Å²) in [5, 5.41) is 13.6. The number of nitro groups is 1. The van der Waals surface area contributed by atoms with Crippen LogP contribution in [-0.4, -0.2) is 41.8 Å². The SMILES string of the molecule is COc1ccc([N+](=O)[O-])cc1NC(=O)C1CCN(C(C)=O)CC1. The minimum absolute atomic E-state index is 0.00390. The predicted molar refractivity (Wildman–Crippen MR) is 83.3 cm³/mol. The highest BCUT2D eigenvalue weighted by Crippen LogP contribution is 2.30. The van der Waals surface area contributed by atoms with E-state index < -0.39 is 4.92 Å². The molecule has 2 amide bonds. The molecule has 1 saturated heterocycles. The lowest BCUT2D eigenvalue weighted by Crippen LogP contribution is -2.40. The van der Waals surface area contributed by atoms with Gasteiger partial charge in [-0.15, -0.1) is 0 Å². The van der Waals surface area contributed by atoms with Gasteiger partial charge in [-0.1, -0.05) is 0 Å². The molecule has 0 radical (unpaired) electrons. The number of benzene rings is 1. The molecule has 0 aliphatic carbocycles. The van der Waals surface area contributed by atoms with E-state index in [0.29, 0.717) is 31.7 Å². The molecule has 0 saturated carbocycles. The first-order valence-corrected chi connectivity index (χ1v) is 7.31. The van der Waals surface area contributed by atoms with Crippen molar-refractivity contribution < 1.29 is 19.2 Å². The highest BCUT2D eigenvalue weighted by atomic mass is 16.6. The van der Waals surface area contributed by atoms with Crippen LogP contribution in [0, 0.1) is 16.0 Å². The quantitative estimate of drug-likeness (QED) is 0.673. The summed E-state index contributed by atoms with van der Waals surface area (Å²) >= 11 is 0. The third kappa shape index (κ3) is 3.97. The van der Waals surface area contributed by atoms with Crippen LogP contribution in [0.25, 0.3) is 0 Å². The van der Waals surface area contributed by atoms with Gasteiger partial charge in [0.2, 0.25) is 11.8 Å². The number of carbonyl (C=O) groups is 2. The molecule has 1 fully saturated rings. The van der Waals surface area contributed by atoms with Gasteiger partial charge in [0.15, 0.2) is 0 Å². The number of rotatable bonds is 4. The zero-order chi connectivity index (χ0) is 17.0. The average molecular weight is 321 g/mol. The normalized spacial score (nSPS) is 15.1. The summed E-state index contributed by atoms with van der Waals surface area (Å²) in [4.78, 5) is 35.7. The number of nitro benzene ring substituents is 1. The molecule has 0 bridgehead atoms. The topological polar surface area (TPSA) is 102 Å². The summed E-state index contributed by atoms with van der Waals surface area (Å²) in [6, 6.07) is 4.05. The van der Waals surface area contributed by atoms with E-state index in [1.807, 2.05) is 0 Å². The Kier molecular flexibility index (Phi) is 5.15. The van der Waals surface area contributed by atoms with Gasteiger partial charge in [0, 0.05) is 38.1 Å². The lowest BCUT2D eigenvalue weighted by molar-refractivity contribution is -0.384. The van der Waals surface area contributed by atoms with Gasteiger partial charge in [-0.2, -0.15) is 0 Å². The largest absolute Gasteiger partial charge is 0.495 e. The molecular formula is C15H19N3O5. The van der Waals surface area contributed by atoms with Crippen molar-refractivity contribution in [2.24, 2.45) is 5.92 Å². The Morgan fingerprint density at radius 2 is 2.00 bits per heavy atom. The van der Waals surface area contributed by atoms with Crippen molar-refractivity contribution in [3.05, 3.63) is 28.3 Å². The molecule has 1 aromatic rings. The number of nitrogens with zero attached hydrogens (tertiary/aromatic N) is 2. The molecule has 0 atom stereocenters. The molecule has 8 heteroatoms. The van der Waals surface area contributed by atoms with Crippen LogP contribution in [0.2, 0.25) is 0 Å². The first-order valence-electron chi connectivity index (χ1n) is 7.31. The summed E-state index contributed by atoms with van der Waals surface area (Å²) < 4.78 is 5.13. The van der Waals surface area contributed by atoms with E-state index in [4.69, 9.17) is 4.74 Å². The molecule has 2 rings (SSSR count). The molecule has 124 valence electrons. The van der Waals surface area contributed by atoms with E-state index in [2.05, 4.69) is 5.32 Å². The van der Waals surface area contributed by atoms with E-state index in [-0.39, 0.29) is 29.1 Å². The van der Waals surface area contributed by atoms with Gasteiger partial charge < -0.3 is 15.0 Å². The Morgan fingerprint density at radius 3 is 2.52 bits per heavy atom. The molecule has 0 spiro atoms. The Balaban J connectivity index is 2.07. The van der Waals surface area contributed by atoms with E-state index in [1.54, 1.807) is 4.90 Å². The van der Waals surface area contributed by atoms with E-state index in [1.165, 1.54) is 32.2 Å². The zero-order valence-corrected chi connectivity index (χ0v) is 13.1. The Hall–Kier alpha value is -2.64. The zero-order valence-electron chi connectivity index (χ0n) is 13.1. The number of ether oxygens (including phenoxy) is 1. The molecule has 23 heavy (non-hydrogen) atoms. The van der Waals surface area contributed by atoms with Gasteiger partial charge in [0.25, 0.3) is 5.69 Å². The van der Waals surface area contributed by atoms with Crippen molar-refractivity contribution in [3.63, 3.8) is 0 Å². The average Bonchev–Trinajstić information content (AvgIpc) is 2.54. The molecule has 1 N–H and O–H groups in total. The van der Waals surface area contributed by atoms with Crippen LogP contribution in [0.3, 0.4) is 0 Å². The maximum absolute atomic E-state index is 12.4. The predicted octanol–water partition coefficient (Wildman–Crippen LogP) is 1.80. The Bertz CT molecular complexity index is 624. The number of carbonyl (C=O) groups excluding carboxylic acids is 2. The molecule has 1 aliphatic rings. The maximum atomic E-state index is 12.4. The van der Waals surface area contributed by atoms with Crippen LogP contribution in [0.1, 0.15) is 19.8 Å². The fourth-order valence-electron chi connectivity index (χ4n) is 2.60. The number of hydrogen-bond acceptors (Lipinski definition) is 5. The van der Waals surface area contributed by atoms with Crippen molar-refractivity contribution in [3.8, 4) is 5.75 Å². The summed E-state index contributed by atoms with van der Waals surface area (Å²) in [6.45, 7) is 2.59. The molecule has 8 nitrogen and oxygen atoms in total. The van der Waals surface area contributed by atoms with Gasteiger partial charge in [0.1, 0.15) is 5.75 Å². The number of amides is 2. The van der Waals surface area contributed by atoms with Crippen molar-refractivity contribution in [2.75, 3.05) is 25.5 Å². The first-order chi connectivity index (χ1) is 10.9. The van der Waals surface area contributed by atoms with E-state index in [9.17, 15) is 19.7 Å². The number of methoxy groups -OCH3 is 1. The van der Waals surface area contributed by atoms with Gasteiger partial charge in [-0.25, -0.2) is 0 Å². The number of nitrogens with one attached hydrogen (secondary N) is 1. The highest BCUT2D eigenvalue weighted by Gasteiger charge is 2.27. The highest BCUT2D eigenvalue weighted by molar-refractivity contribution is 5.94. The lowest BCUT2D eigenvalue weighted by Gasteiger charge is -2.30. The summed E-state index contributed by atoms with van der Waals surface area (Å²) in [6.07, 6.45) is 1.14. The molecule has 1 heterocycles. The Labute approximate surface area is 133 Å². The minimum atomic E-state index is -0.527. The number of non-ortho nitro benzene ring substituents is 1. The van der Waals surface area contributed by atoms with Crippen LogP contribution in [-0.2, 0) is 9.59 Å². The second kappa shape index (κ2) is 7.08. The van der Waals surface area contributed by atoms with Crippen LogP contribution in [0.4, 0.5) is 11.4 Å². The molecule has 0 unspecified atom stereocenters. The third-order valence-corrected chi connectivity index (χ3v) is 3.96. The number of piperidine rings is 1. The standard InChI is InChI=1S/C15H19N3O5/c1-10(19)17-7-5-11(6-8-17)15(20)16-13-9-12(18(21)22)3-4-14(13)23-2/h3-4,9,11H,5-8H2,1-2H3,(H,16,20). The monoisotopic (exact) mass is 321 g/mol. The molecule has 1 aliphatic heterocycles. The van der Waals surface area contributed by atoms with Crippen LogP contribution < -0.4 is 10.1 Å². The Morgan fingerprint density at radius 1 is 1.35 bits per heavy atom. The van der Waals surface area contributed by atoms with E-state index >= 15 is 0 Å². The van der Waals surface area contributed by atoms with Crippen molar-refractivity contribution >= 4 is 23.2 Å². The summed E-state index contributed by atoms with van der Waals surface area (Å²) in [5.41, 5.74) is 0.160. The summed E-state index contributed by atoms with van der Waals surface area (Å²) in [5.74, 6) is -0.0732. The molecule has 0 aromatic heterocycles. The number of anilines is 1. The second-order valence-electron chi connectivity index (χ2n) is 5.41. The van der Waals surface area contributed by atoms with E-state index in [0.717, 1.165) is 0 Å². The van der Waals surface area contributed by atoms with Crippen molar-refractivity contribution in [1.29, 1.82) is 0 Å². The number of likely N-dealkylation sites (tertiary alicyclic amines) is 1. The van der Waals surface area contributed by atoms with Crippen molar-refractivity contribution in [1.82, 2.24) is 4.90 Å². The van der Waals surface area contributed by atoms with Gasteiger partial charge >= 0.3 is 0 Å². The third-order valence-electron chi connectivity index (χ3n) is 3.96. The fraction of sp³-hybridized carbons (Fsp3) is 0.467. The molecular weight excluding hydrogens is 302 g/mol. The van der Waals surface area contributed by atoms with Crippen molar-refractivity contribution in [2.45, 2.75) is 19.8 Å². The van der Waals surface area contributed by atoms with Crippen LogP contribution in [0.5, 0.6) is 5.75 Å². The van der Waals surface area contributed by atoms with Gasteiger partial charge in [0.05, 0.1) is 17.7 Å². The number of hydrogen-bond donors (Lipinski definition) is 1. The smallest absolute Gasteiger partial charge is 0.271 e. The van der Waals surface area contributed by atoms with Gasteiger partial charge in [-0.05, 0) is 18.9 Å². The van der Waals surface area contributed by atoms with Gasteiger partial charge in [-0.3, -0.25) is 19.7 Å². The van der Waals surface area contributed by atoms with Crippen LogP contribution >= 0.6 is 0 Å². The molecule has 1 aromatic carbocycles. The maximum Gasteiger partial charge on any atom is 0.271 e. The first kappa shape index (κ1) is 16.7. The lowest BCUT2D eigenvalue weighted by atomic mass is 9.95. The fourth-order valence-corrected chi connectivity index (χ4v) is 2.60. The van der Waals surface area contributed by atoms with Crippen LogP contribution in [0.15, 0.2) is 18.2 Å². The second-order valence-corrected chi connectivity index (χ2v) is 5.41. The minimum Gasteiger partial charge on any atom is -0.495 e.